The number of aryl methyl sites for hydroxylation is 2. The van der Waals surface area contributed by atoms with Crippen LogP contribution < -0.4 is 19.6 Å². The van der Waals surface area contributed by atoms with Crippen molar-refractivity contribution < 1.29 is 23.4 Å². The van der Waals surface area contributed by atoms with Crippen LogP contribution >= 0.6 is 0 Å². The molecule has 1 amide bonds. The van der Waals surface area contributed by atoms with Crippen LogP contribution in [0.15, 0.2) is 63.8 Å². The van der Waals surface area contributed by atoms with E-state index in [1.165, 1.54) is 0 Å². The maximum Gasteiger partial charge on any atom is 0.290 e. The molecule has 7 heteroatoms. The molecule has 1 aliphatic rings. The van der Waals surface area contributed by atoms with Crippen molar-refractivity contribution in [3.05, 3.63) is 98.4 Å². The third-order valence-electron chi connectivity index (χ3n) is 6.92. The zero-order valence-corrected chi connectivity index (χ0v) is 21.6. The molecular weight excluding hydrogens is 470 g/mol. The lowest BCUT2D eigenvalue weighted by atomic mass is 9.97. The molecule has 190 valence electrons. The summed E-state index contributed by atoms with van der Waals surface area (Å²) in [7, 11) is 4.75. The summed E-state index contributed by atoms with van der Waals surface area (Å²) in [5, 5.41) is 0.478. The number of fused-ring (bicyclic) bond motifs is 2. The van der Waals surface area contributed by atoms with E-state index in [0.29, 0.717) is 41.0 Å². The number of hydrogen-bond donors (Lipinski definition) is 0. The van der Waals surface area contributed by atoms with Crippen LogP contribution in [0.3, 0.4) is 0 Å². The Morgan fingerprint density at radius 1 is 0.865 bits per heavy atom. The third kappa shape index (κ3) is 4.20. The van der Waals surface area contributed by atoms with E-state index in [4.69, 9.17) is 18.6 Å². The lowest BCUT2D eigenvalue weighted by molar-refractivity contribution is 0.0730. The second-order valence-corrected chi connectivity index (χ2v) is 9.25. The number of rotatable bonds is 7. The van der Waals surface area contributed by atoms with E-state index in [2.05, 4.69) is 0 Å². The summed E-state index contributed by atoms with van der Waals surface area (Å²) in [4.78, 5) is 29.4. The van der Waals surface area contributed by atoms with Gasteiger partial charge in [0.05, 0.1) is 38.3 Å². The van der Waals surface area contributed by atoms with Gasteiger partial charge in [0.25, 0.3) is 5.91 Å². The van der Waals surface area contributed by atoms with Crippen LogP contribution in [0.2, 0.25) is 0 Å². The number of methoxy groups -OCH3 is 3. The van der Waals surface area contributed by atoms with Crippen LogP contribution in [0, 0.1) is 13.8 Å². The number of benzene rings is 3. The summed E-state index contributed by atoms with van der Waals surface area (Å²) < 4.78 is 22.4. The first kappa shape index (κ1) is 24.4. The van der Waals surface area contributed by atoms with Gasteiger partial charge in [0, 0.05) is 6.54 Å². The van der Waals surface area contributed by atoms with Crippen LogP contribution in [0.5, 0.6) is 17.2 Å². The molecule has 0 N–H and O–H groups in total. The molecule has 0 bridgehead atoms. The van der Waals surface area contributed by atoms with Gasteiger partial charge in [0.1, 0.15) is 11.3 Å². The van der Waals surface area contributed by atoms with E-state index in [-0.39, 0.29) is 17.1 Å². The Balaban J connectivity index is 1.65. The molecule has 0 saturated carbocycles. The number of amides is 1. The molecule has 5 rings (SSSR count). The third-order valence-corrected chi connectivity index (χ3v) is 6.92. The summed E-state index contributed by atoms with van der Waals surface area (Å²) in [5.41, 5.74) is 4.18. The van der Waals surface area contributed by atoms with Crippen LogP contribution in [0.4, 0.5) is 0 Å². The first-order valence-electron chi connectivity index (χ1n) is 12.1. The van der Waals surface area contributed by atoms with Crippen molar-refractivity contribution in [3.8, 4) is 17.2 Å². The molecular formula is C30H29NO6. The zero-order valence-electron chi connectivity index (χ0n) is 21.6. The van der Waals surface area contributed by atoms with E-state index in [1.54, 1.807) is 32.3 Å². The first-order valence-corrected chi connectivity index (χ1v) is 12.1. The predicted octanol–water partition coefficient (Wildman–Crippen LogP) is 5.22. The van der Waals surface area contributed by atoms with Crippen molar-refractivity contribution in [3.63, 3.8) is 0 Å². The summed E-state index contributed by atoms with van der Waals surface area (Å²) in [6.45, 7) is 4.22. The lowest BCUT2D eigenvalue weighted by Crippen LogP contribution is -2.31. The quantitative estimate of drug-likeness (QED) is 0.347. The monoisotopic (exact) mass is 499 g/mol. The lowest BCUT2D eigenvalue weighted by Gasteiger charge is -2.26. The minimum absolute atomic E-state index is 0.0963. The molecule has 0 saturated heterocycles. The standard InChI is InChI=1S/C30H29NO6/c1-17-14-18(2)28-22(15-17)27(32)25-26(20-8-11-23(35-4)24(16-20)36-5)31(30(33)29(25)37-28)13-12-19-6-9-21(34-3)10-7-19/h6-11,14-16,26H,12-13H2,1-5H3/t26-/m0/s1. The molecule has 0 fully saturated rings. The molecule has 0 unspecified atom stereocenters. The second-order valence-electron chi connectivity index (χ2n) is 9.25. The summed E-state index contributed by atoms with van der Waals surface area (Å²) in [6.07, 6.45) is 0.597. The molecule has 2 heterocycles. The summed E-state index contributed by atoms with van der Waals surface area (Å²) >= 11 is 0. The Hall–Kier alpha value is -4.26. The highest BCUT2D eigenvalue weighted by atomic mass is 16.5. The fourth-order valence-corrected chi connectivity index (χ4v) is 5.12. The van der Waals surface area contributed by atoms with Crippen molar-refractivity contribution >= 4 is 16.9 Å². The normalized spacial score (nSPS) is 14.7. The molecule has 3 aromatic carbocycles. The van der Waals surface area contributed by atoms with Crippen LogP contribution in [0.1, 0.15) is 44.4 Å². The van der Waals surface area contributed by atoms with Gasteiger partial charge in [-0.25, -0.2) is 0 Å². The van der Waals surface area contributed by atoms with Gasteiger partial charge in [0.2, 0.25) is 5.76 Å². The number of nitrogens with zero attached hydrogens (tertiary/aromatic N) is 1. The fourth-order valence-electron chi connectivity index (χ4n) is 5.12. The van der Waals surface area contributed by atoms with Gasteiger partial charge in [-0.2, -0.15) is 0 Å². The number of carbonyl (C=O) groups is 1. The molecule has 0 radical (unpaired) electrons. The fraction of sp³-hybridized carbons (Fsp3) is 0.267. The molecule has 0 spiro atoms. The van der Waals surface area contributed by atoms with E-state index in [1.807, 2.05) is 62.4 Å². The highest BCUT2D eigenvalue weighted by molar-refractivity contribution is 5.99. The Labute approximate surface area is 215 Å². The van der Waals surface area contributed by atoms with Crippen molar-refractivity contribution in [1.29, 1.82) is 0 Å². The molecule has 4 aromatic rings. The molecule has 1 atom stereocenters. The van der Waals surface area contributed by atoms with Gasteiger partial charge < -0.3 is 23.5 Å². The smallest absolute Gasteiger partial charge is 0.290 e. The van der Waals surface area contributed by atoms with Gasteiger partial charge in [-0.1, -0.05) is 24.3 Å². The van der Waals surface area contributed by atoms with Crippen molar-refractivity contribution in [2.75, 3.05) is 27.9 Å². The Morgan fingerprint density at radius 2 is 1.59 bits per heavy atom. The second kappa shape index (κ2) is 9.65. The van der Waals surface area contributed by atoms with E-state index < -0.39 is 6.04 Å². The molecule has 1 aliphatic heterocycles. The minimum atomic E-state index is -0.623. The predicted molar refractivity (Wildman–Crippen MR) is 141 cm³/mol. The minimum Gasteiger partial charge on any atom is -0.497 e. The van der Waals surface area contributed by atoms with E-state index >= 15 is 0 Å². The zero-order chi connectivity index (χ0) is 26.3. The average Bonchev–Trinajstić information content (AvgIpc) is 3.19. The van der Waals surface area contributed by atoms with E-state index in [9.17, 15) is 9.59 Å². The maximum atomic E-state index is 13.9. The molecule has 37 heavy (non-hydrogen) atoms. The largest absolute Gasteiger partial charge is 0.497 e. The highest BCUT2D eigenvalue weighted by Gasteiger charge is 2.43. The average molecular weight is 500 g/mol. The summed E-state index contributed by atoms with van der Waals surface area (Å²) in [6, 6.07) is 16.3. The molecule has 7 nitrogen and oxygen atoms in total. The number of carbonyl (C=O) groups excluding carboxylic acids is 1. The number of hydrogen-bond acceptors (Lipinski definition) is 6. The van der Waals surface area contributed by atoms with Gasteiger partial charge in [-0.3, -0.25) is 9.59 Å². The summed E-state index contributed by atoms with van der Waals surface area (Å²) in [5.74, 6) is 1.65. The maximum absolute atomic E-state index is 13.9. The molecule has 0 aliphatic carbocycles. The Bertz CT molecular complexity index is 1550. The topological polar surface area (TPSA) is 78.2 Å². The van der Waals surface area contributed by atoms with Gasteiger partial charge >= 0.3 is 0 Å². The van der Waals surface area contributed by atoms with Crippen LogP contribution in [-0.2, 0) is 6.42 Å². The van der Waals surface area contributed by atoms with Crippen molar-refractivity contribution in [2.45, 2.75) is 26.3 Å². The van der Waals surface area contributed by atoms with Crippen LogP contribution in [-0.4, -0.2) is 38.7 Å². The van der Waals surface area contributed by atoms with Gasteiger partial charge in [-0.05, 0) is 72.9 Å². The molecule has 1 aromatic heterocycles. The van der Waals surface area contributed by atoms with Gasteiger partial charge in [0.15, 0.2) is 16.9 Å². The SMILES string of the molecule is COc1ccc(CCN2C(=O)c3oc4c(C)cc(C)cc4c(=O)c3[C@@H]2c2ccc(OC)c(OC)c2)cc1. The highest BCUT2D eigenvalue weighted by Crippen LogP contribution is 2.41. The van der Waals surface area contributed by atoms with Crippen molar-refractivity contribution in [1.82, 2.24) is 4.90 Å². The Kier molecular flexibility index (Phi) is 6.38. The number of ether oxygens (including phenoxy) is 3. The van der Waals surface area contributed by atoms with Gasteiger partial charge in [-0.15, -0.1) is 0 Å². The van der Waals surface area contributed by atoms with Crippen molar-refractivity contribution in [2.24, 2.45) is 0 Å². The van der Waals surface area contributed by atoms with E-state index in [0.717, 1.165) is 28.0 Å². The van der Waals surface area contributed by atoms with Crippen LogP contribution in [0.25, 0.3) is 11.0 Å². The Morgan fingerprint density at radius 3 is 2.27 bits per heavy atom. The first-order chi connectivity index (χ1) is 17.9.